The van der Waals surface area contributed by atoms with Crippen LogP contribution in [-0.2, 0) is 37.8 Å². The van der Waals surface area contributed by atoms with E-state index in [9.17, 15) is 29.6 Å². The van der Waals surface area contributed by atoms with E-state index in [0.717, 1.165) is 11.1 Å². The van der Waals surface area contributed by atoms with Crippen LogP contribution < -0.4 is 15.1 Å². The van der Waals surface area contributed by atoms with Crippen molar-refractivity contribution in [3.63, 3.8) is 0 Å². The molecule has 3 aliphatic rings. The van der Waals surface area contributed by atoms with Crippen molar-refractivity contribution in [3.8, 4) is 0 Å². The molecule has 0 saturated carbocycles. The molecule has 1 spiro atoms. The monoisotopic (exact) mass is 703 g/mol. The summed E-state index contributed by atoms with van der Waals surface area (Å²) in [6.07, 6.45) is -1.23. The van der Waals surface area contributed by atoms with E-state index in [-0.39, 0.29) is 62.3 Å². The predicted octanol–water partition coefficient (Wildman–Crippen LogP) is 4.26. The number of halogens is 1. The van der Waals surface area contributed by atoms with E-state index < -0.39 is 42.4 Å². The maximum Gasteiger partial charge on any atom is 0.269 e. The van der Waals surface area contributed by atoms with Gasteiger partial charge in [-0.1, -0.05) is 49.4 Å². The van der Waals surface area contributed by atoms with Crippen molar-refractivity contribution in [2.24, 2.45) is 5.92 Å². The highest BCUT2D eigenvalue weighted by Gasteiger charge is 2.67. The second-order valence-corrected chi connectivity index (χ2v) is 17.5. The first kappa shape index (κ1) is 35.3. The second kappa shape index (κ2) is 14.0. The number of non-ortho nitro benzene ring substituents is 1. The van der Waals surface area contributed by atoms with Gasteiger partial charge in [0.15, 0.2) is 5.60 Å². The number of aliphatic hydroxyl groups is 1. The second-order valence-electron chi connectivity index (χ2n) is 13.7. The summed E-state index contributed by atoms with van der Waals surface area (Å²) in [6.45, 7) is 6.24. The van der Waals surface area contributed by atoms with Crippen molar-refractivity contribution >= 4 is 43.2 Å². The number of fused-ring (bicyclic) bond motifs is 2. The zero-order valence-corrected chi connectivity index (χ0v) is 29.4. The number of ether oxygens (including phenoxy) is 1. The Kier molecular flexibility index (Phi) is 9.90. The third kappa shape index (κ3) is 6.55. The van der Waals surface area contributed by atoms with Crippen LogP contribution in [0.15, 0.2) is 72.8 Å². The highest BCUT2D eigenvalue weighted by Crippen LogP contribution is 2.60. The topological polar surface area (TPSA) is 146 Å². The van der Waals surface area contributed by atoms with Crippen LogP contribution in [0, 0.1) is 16.0 Å². The fourth-order valence-corrected chi connectivity index (χ4v) is 10.4. The Hall–Kier alpha value is -4.50. The molecule has 2 fully saturated rings. The van der Waals surface area contributed by atoms with Gasteiger partial charge < -0.3 is 34.0 Å². The Morgan fingerprint density at radius 1 is 1.12 bits per heavy atom. The Labute approximate surface area is 291 Å². The number of anilines is 2. The zero-order chi connectivity index (χ0) is 35.8. The van der Waals surface area contributed by atoms with Gasteiger partial charge in [-0.25, -0.2) is 0 Å². The Morgan fingerprint density at radius 3 is 2.54 bits per heavy atom. The summed E-state index contributed by atoms with van der Waals surface area (Å²) >= 11 is 0. The van der Waals surface area contributed by atoms with Crippen LogP contribution >= 0.6 is 0 Å². The molecule has 0 bridgehead atoms. The maximum atomic E-state index is 16.4. The van der Waals surface area contributed by atoms with Crippen molar-refractivity contribution in [1.82, 2.24) is 10.2 Å². The number of nitrogens with zero attached hydrogens (tertiary/aromatic N) is 4. The Balaban J connectivity index is 1.36. The molecule has 3 aromatic rings. The standard InChI is InChI=1S/C36H42FN5O7Si/c1-24-34(50(2,3)37)31(20-32(44)39(16-17-43)22-25-8-5-4-6-9-25)49-36(24)29-19-28(42(47)48)12-13-30(29)41(35(36)46)23-26-10-7-11-27(18-26)40-15-14-38-21-33(40)45/h4-13,18-19,24,31,34,38,43H,14-17,20-23H2,1-3H3/t24-,31+,34-,36+/m1/s1. The van der Waals surface area contributed by atoms with Crippen molar-refractivity contribution in [1.29, 1.82) is 0 Å². The van der Waals surface area contributed by atoms with Gasteiger partial charge in [0.25, 0.3) is 11.6 Å². The summed E-state index contributed by atoms with van der Waals surface area (Å²) in [6, 6.07) is 20.8. The van der Waals surface area contributed by atoms with Gasteiger partial charge in [0.2, 0.25) is 20.2 Å². The van der Waals surface area contributed by atoms with Crippen molar-refractivity contribution in [2.45, 2.75) is 56.8 Å². The summed E-state index contributed by atoms with van der Waals surface area (Å²) in [5.74, 6) is -1.68. The van der Waals surface area contributed by atoms with Crippen molar-refractivity contribution in [3.05, 3.63) is 99.6 Å². The lowest BCUT2D eigenvalue weighted by atomic mass is 9.82. The van der Waals surface area contributed by atoms with E-state index in [1.54, 1.807) is 11.8 Å². The third-order valence-electron chi connectivity index (χ3n) is 10.1. The first-order valence-corrected chi connectivity index (χ1v) is 19.8. The largest absolute Gasteiger partial charge is 0.395 e. The van der Waals surface area contributed by atoms with Crippen LogP contribution in [0.1, 0.15) is 30.0 Å². The van der Waals surface area contributed by atoms with E-state index >= 15 is 4.11 Å². The van der Waals surface area contributed by atoms with Crippen LogP contribution in [0.4, 0.5) is 21.2 Å². The van der Waals surface area contributed by atoms with Gasteiger partial charge in [-0.15, -0.1) is 0 Å². The SMILES string of the molecule is C[C@@H]1[C@@H]([Si](C)(C)F)[C@H](CC(=O)N(CCO)Cc2ccccc2)O[C@@]12C(=O)N(Cc1cccc(N3CCNCC3=O)c1)c1ccc([N+](=O)[O-])cc12. The van der Waals surface area contributed by atoms with E-state index in [2.05, 4.69) is 5.32 Å². The minimum atomic E-state index is -3.65. The fourth-order valence-electron chi connectivity index (χ4n) is 7.91. The fraction of sp³-hybridized carbons (Fsp3) is 0.417. The first-order chi connectivity index (χ1) is 23.8. The third-order valence-corrected chi connectivity index (χ3v) is 12.6. The molecule has 264 valence electrons. The molecule has 0 radical (unpaired) electrons. The average molecular weight is 704 g/mol. The molecule has 3 heterocycles. The van der Waals surface area contributed by atoms with Gasteiger partial charge in [-0.05, 0) is 42.4 Å². The molecule has 0 aromatic heterocycles. The van der Waals surface area contributed by atoms with E-state index in [1.165, 1.54) is 41.1 Å². The molecule has 3 aliphatic heterocycles. The van der Waals surface area contributed by atoms with Gasteiger partial charge >= 0.3 is 0 Å². The van der Waals surface area contributed by atoms with Gasteiger partial charge in [-0.2, -0.15) is 0 Å². The van der Waals surface area contributed by atoms with Crippen molar-refractivity contribution < 1.29 is 33.3 Å². The minimum Gasteiger partial charge on any atom is -0.395 e. The number of hydrogen-bond acceptors (Lipinski definition) is 8. The minimum absolute atomic E-state index is 0.0581. The zero-order valence-electron chi connectivity index (χ0n) is 28.4. The smallest absolute Gasteiger partial charge is 0.269 e. The number of nitrogens with one attached hydrogen (secondary N) is 1. The van der Waals surface area contributed by atoms with Crippen LogP contribution in [0.25, 0.3) is 0 Å². The molecule has 50 heavy (non-hydrogen) atoms. The highest BCUT2D eigenvalue weighted by atomic mass is 28.4. The van der Waals surface area contributed by atoms with Gasteiger partial charge in [0, 0.05) is 61.0 Å². The first-order valence-electron chi connectivity index (χ1n) is 16.9. The number of piperazine rings is 1. The summed E-state index contributed by atoms with van der Waals surface area (Å²) in [7, 11) is -3.65. The molecule has 14 heteroatoms. The van der Waals surface area contributed by atoms with Crippen LogP contribution in [0.2, 0.25) is 18.6 Å². The van der Waals surface area contributed by atoms with E-state index in [4.69, 9.17) is 4.74 Å². The van der Waals surface area contributed by atoms with Crippen LogP contribution in [-0.4, -0.2) is 79.9 Å². The number of benzene rings is 3. The quantitative estimate of drug-likeness (QED) is 0.131. The molecule has 0 unspecified atom stereocenters. The summed E-state index contributed by atoms with van der Waals surface area (Å²) in [5.41, 5.74) is 0.125. The van der Waals surface area contributed by atoms with Crippen LogP contribution in [0.5, 0.6) is 0 Å². The molecule has 4 atom stereocenters. The maximum absolute atomic E-state index is 16.4. The lowest BCUT2D eigenvalue weighted by molar-refractivity contribution is -0.385. The Morgan fingerprint density at radius 2 is 1.86 bits per heavy atom. The lowest BCUT2D eigenvalue weighted by Crippen LogP contribution is -2.48. The number of carbonyl (C=O) groups is 3. The number of carbonyl (C=O) groups excluding carboxylic acids is 3. The summed E-state index contributed by atoms with van der Waals surface area (Å²) in [4.78, 5) is 57.4. The van der Waals surface area contributed by atoms with Gasteiger partial charge in [-0.3, -0.25) is 24.5 Å². The number of nitro groups is 1. The number of nitro benzene ring substituents is 1. The highest BCUT2D eigenvalue weighted by molar-refractivity contribution is 6.72. The van der Waals surface area contributed by atoms with Crippen LogP contribution in [0.3, 0.4) is 0 Å². The van der Waals surface area contributed by atoms with Crippen molar-refractivity contribution in [2.75, 3.05) is 42.6 Å². The number of rotatable bonds is 11. The lowest BCUT2D eigenvalue weighted by Gasteiger charge is -2.31. The average Bonchev–Trinajstić information content (AvgIpc) is 3.51. The molecule has 2 N–H and O–H groups in total. The molecule has 12 nitrogen and oxygen atoms in total. The number of amides is 3. The molecular weight excluding hydrogens is 662 g/mol. The van der Waals surface area contributed by atoms with Gasteiger partial charge in [0.05, 0.1) is 42.8 Å². The van der Waals surface area contributed by atoms with Gasteiger partial charge in [0.1, 0.15) is 0 Å². The molecule has 0 aliphatic carbocycles. The number of aliphatic hydroxyl groups excluding tert-OH is 1. The van der Waals surface area contributed by atoms with E-state index in [0.29, 0.717) is 24.5 Å². The summed E-state index contributed by atoms with van der Waals surface area (Å²) in [5, 5.41) is 24.8. The molecule has 3 aromatic carbocycles. The Bertz CT molecular complexity index is 1790. The number of hydrogen-bond donors (Lipinski definition) is 2. The molecule has 2 saturated heterocycles. The predicted molar refractivity (Wildman–Crippen MR) is 188 cm³/mol. The molecule has 6 rings (SSSR count). The molecule has 3 amide bonds. The van der Waals surface area contributed by atoms with E-state index in [1.807, 2.05) is 54.6 Å². The summed E-state index contributed by atoms with van der Waals surface area (Å²) < 4.78 is 23.1. The normalized spacial score (nSPS) is 23.4. The molecular formula is C36H42FN5O7Si.